The minimum Gasteiger partial charge on any atom is -0.478 e. The first kappa shape index (κ1) is 12.9. The van der Waals surface area contributed by atoms with Crippen molar-refractivity contribution < 1.29 is 9.90 Å². The molecular formula is C17H12N2O2. The summed E-state index contributed by atoms with van der Waals surface area (Å²) in [5, 5.41) is 18.7. The molecule has 0 aliphatic heterocycles. The fourth-order valence-electron chi connectivity index (χ4n) is 2.43. The summed E-state index contributed by atoms with van der Waals surface area (Å²) in [6, 6.07) is 16.6. The highest BCUT2D eigenvalue weighted by molar-refractivity contribution is 6.02. The van der Waals surface area contributed by atoms with Crippen molar-refractivity contribution in [2.75, 3.05) is 0 Å². The van der Waals surface area contributed by atoms with E-state index in [0.29, 0.717) is 17.7 Å². The van der Waals surface area contributed by atoms with Crippen LogP contribution in [-0.4, -0.2) is 15.6 Å². The molecule has 3 aromatic rings. The molecule has 0 radical (unpaired) electrons. The number of nitrogens with zero attached hydrogens (tertiary/aromatic N) is 2. The zero-order valence-electron chi connectivity index (χ0n) is 11.2. The summed E-state index contributed by atoms with van der Waals surface area (Å²) < 4.78 is 2.00. The number of carboxylic acids is 1. The average Bonchev–Trinajstić information content (AvgIpc) is 2.91. The molecule has 1 heterocycles. The number of nitriles is 1. The van der Waals surface area contributed by atoms with E-state index >= 15 is 0 Å². The van der Waals surface area contributed by atoms with Gasteiger partial charge in [0.15, 0.2) is 0 Å². The molecule has 0 saturated heterocycles. The molecule has 0 saturated carbocycles. The van der Waals surface area contributed by atoms with Gasteiger partial charge in [0.05, 0.1) is 17.2 Å². The second-order valence-electron chi connectivity index (χ2n) is 4.80. The number of fused-ring (bicyclic) bond motifs is 1. The second kappa shape index (κ2) is 5.14. The van der Waals surface area contributed by atoms with Gasteiger partial charge < -0.3 is 9.67 Å². The predicted octanol–water partition coefficient (Wildman–Crippen LogP) is 3.26. The van der Waals surface area contributed by atoms with Gasteiger partial charge in [-0.25, -0.2) is 4.79 Å². The van der Waals surface area contributed by atoms with Crippen molar-refractivity contribution in [3.05, 3.63) is 71.4 Å². The van der Waals surface area contributed by atoms with Crippen LogP contribution < -0.4 is 0 Å². The lowest BCUT2D eigenvalue weighted by Gasteiger charge is -2.06. The Morgan fingerprint density at radius 1 is 1.14 bits per heavy atom. The summed E-state index contributed by atoms with van der Waals surface area (Å²) in [7, 11) is 0. The van der Waals surface area contributed by atoms with Crippen LogP contribution in [0.4, 0.5) is 0 Å². The van der Waals surface area contributed by atoms with E-state index in [2.05, 4.69) is 6.07 Å². The van der Waals surface area contributed by atoms with Crippen molar-refractivity contribution in [2.45, 2.75) is 6.54 Å². The minimum atomic E-state index is -0.920. The third-order valence-corrected chi connectivity index (χ3v) is 3.48. The van der Waals surface area contributed by atoms with E-state index in [1.54, 1.807) is 24.3 Å². The number of aromatic nitrogens is 1. The smallest absolute Gasteiger partial charge is 0.336 e. The van der Waals surface area contributed by atoms with Crippen LogP contribution in [0.25, 0.3) is 10.9 Å². The van der Waals surface area contributed by atoms with Gasteiger partial charge in [-0.15, -0.1) is 0 Å². The summed E-state index contributed by atoms with van der Waals surface area (Å²) in [5.41, 5.74) is 2.89. The van der Waals surface area contributed by atoms with Crippen LogP contribution in [0.1, 0.15) is 21.5 Å². The monoisotopic (exact) mass is 276 g/mol. The summed E-state index contributed by atoms with van der Waals surface area (Å²) in [6.07, 6.45) is 1.88. The Morgan fingerprint density at radius 3 is 2.57 bits per heavy atom. The van der Waals surface area contributed by atoms with Gasteiger partial charge in [0, 0.05) is 23.6 Å². The lowest BCUT2D eigenvalue weighted by atomic mass is 10.1. The van der Waals surface area contributed by atoms with Crippen LogP contribution in [0, 0.1) is 11.3 Å². The summed E-state index contributed by atoms with van der Waals surface area (Å²) in [5.74, 6) is -0.920. The van der Waals surface area contributed by atoms with E-state index in [-0.39, 0.29) is 0 Å². The number of aromatic carboxylic acids is 1. The molecule has 1 N–H and O–H groups in total. The van der Waals surface area contributed by atoms with E-state index in [0.717, 1.165) is 16.5 Å². The van der Waals surface area contributed by atoms with E-state index in [1.165, 1.54) is 0 Å². The topological polar surface area (TPSA) is 66.0 Å². The molecule has 0 spiro atoms. The SMILES string of the molecule is N#Cc1ccc(Cn2ccc3c(C(=O)O)cccc32)cc1. The molecule has 4 heteroatoms. The molecule has 102 valence electrons. The molecule has 0 aliphatic rings. The van der Waals surface area contributed by atoms with Crippen molar-refractivity contribution in [3.63, 3.8) is 0 Å². The highest BCUT2D eigenvalue weighted by Gasteiger charge is 2.10. The molecule has 0 atom stereocenters. The lowest BCUT2D eigenvalue weighted by Crippen LogP contribution is -2.00. The Labute approximate surface area is 121 Å². The largest absolute Gasteiger partial charge is 0.478 e. The van der Waals surface area contributed by atoms with Crippen LogP contribution in [0.5, 0.6) is 0 Å². The average molecular weight is 276 g/mol. The quantitative estimate of drug-likeness (QED) is 0.798. The van der Waals surface area contributed by atoms with Gasteiger partial charge in [-0.2, -0.15) is 5.26 Å². The van der Waals surface area contributed by atoms with Gasteiger partial charge in [0.1, 0.15) is 0 Å². The highest BCUT2D eigenvalue weighted by Crippen LogP contribution is 2.21. The van der Waals surface area contributed by atoms with E-state index in [9.17, 15) is 9.90 Å². The van der Waals surface area contributed by atoms with Gasteiger partial charge in [0.2, 0.25) is 0 Å². The standard InChI is InChI=1S/C17H12N2O2/c18-10-12-4-6-13(7-5-12)11-19-9-8-14-15(17(20)21)2-1-3-16(14)19/h1-9H,11H2,(H,20,21). The van der Waals surface area contributed by atoms with E-state index < -0.39 is 5.97 Å². The van der Waals surface area contributed by atoms with Gasteiger partial charge in [-0.3, -0.25) is 0 Å². The Bertz CT molecular complexity index is 855. The maximum Gasteiger partial charge on any atom is 0.336 e. The fourth-order valence-corrected chi connectivity index (χ4v) is 2.43. The predicted molar refractivity (Wildman–Crippen MR) is 79.2 cm³/mol. The first-order chi connectivity index (χ1) is 10.2. The van der Waals surface area contributed by atoms with Crippen molar-refractivity contribution in [1.29, 1.82) is 5.26 Å². The van der Waals surface area contributed by atoms with Crippen LogP contribution >= 0.6 is 0 Å². The molecular weight excluding hydrogens is 264 g/mol. The maximum atomic E-state index is 11.2. The van der Waals surface area contributed by atoms with Crippen molar-refractivity contribution >= 4 is 16.9 Å². The van der Waals surface area contributed by atoms with Crippen LogP contribution in [0.15, 0.2) is 54.7 Å². The number of benzene rings is 2. The Kier molecular flexibility index (Phi) is 3.17. The number of carbonyl (C=O) groups is 1. The second-order valence-corrected chi connectivity index (χ2v) is 4.80. The first-order valence-corrected chi connectivity index (χ1v) is 6.49. The molecule has 2 aromatic carbocycles. The summed E-state index contributed by atoms with van der Waals surface area (Å²) in [4.78, 5) is 11.2. The summed E-state index contributed by atoms with van der Waals surface area (Å²) in [6.45, 7) is 0.637. The summed E-state index contributed by atoms with van der Waals surface area (Å²) >= 11 is 0. The zero-order valence-corrected chi connectivity index (χ0v) is 11.2. The minimum absolute atomic E-state index is 0.311. The van der Waals surface area contributed by atoms with Crippen LogP contribution in [-0.2, 0) is 6.54 Å². The van der Waals surface area contributed by atoms with Crippen LogP contribution in [0.3, 0.4) is 0 Å². The number of hydrogen-bond donors (Lipinski definition) is 1. The van der Waals surface area contributed by atoms with Crippen LogP contribution in [0.2, 0.25) is 0 Å². The Morgan fingerprint density at radius 2 is 1.90 bits per heavy atom. The van der Waals surface area contributed by atoms with Gasteiger partial charge in [-0.1, -0.05) is 18.2 Å². The number of rotatable bonds is 3. The molecule has 0 fully saturated rings. The van der Waals surface area contributed by atoms with Gasteiger partial charge in [-0.05, 0) is 35.9 Å². The molecule has 0 bridgehead atoms. The normalized spacial score (nSPS) is 10.4. The van der Waals surface area contributed by atoms with Gasteiger partial charge >= 0.3 is 5.97 Å². The number of carboxylic acid groups (broad SMARTS) is 1. The highest BCUT2D eigenvalue weighted by atomic mass is 16.4. The number of hydrogen-bond acceptors (Lipinski definition) is 2. The molecule has 0 amide bonds. The van der Waals surface area contributed by atoms with Crippen molar-refractivity contribution in [3.8, 4) is 6.07 Å². The third kappa shape index (κ3) is 2.37. The molecule has 0 aliphatic carbocycles. The van der Waals surface area contributed by atoms with E-state index in [1.807, 2.05) is 35.0 Å². The first-order valence-electron chi connectivity index (χ1n) is 6.49. The molecule has 3 rings (SSSR count). The van der Waals surface area contributed by atoms with Crippen molar-refractivity contribution in [2.24, 2.45) is 0 Å². The lowest BCUT2D eigenvalue weighted by molar-refractivity contribution is 0.0699. The molecule has 4 nitrogen and oxygen atoms in total. The Balaban J connectivity index is 1.99. The van der Waals surface area contributed by atoms with Crippen molar-refractivity contribution in [1.82, 2.24) is 4.57 Å². The fraction of sp³-hybridized carbons (Fsp3) is 0.0588. The molecule has 1 aromatic heterocycles. The molecule has 0 unspecified atom stereocenters. The van der Waals surface area contributed by atoms with Gasteiger partial charge in [0.25, 0.3) is 0 Å². The van der Waals surface area contributed by atoms with E-state index in [4.69, 9.17) is 5.26 Å². The third-order valence-electron chi connectivity index (χ3n) is 3.48. The zero-order chi connectivity index (χ0) is 14.8. The Hall–Kier alpha value is -3.06. The maximum absolute atomic E-state index is 11.2. The molecule has 21 heavy (non-hydrogen) atoms.